The molecule has 5 nitrogen and oxygen atoms in total. The predicted octanol–water partition coefficient (Wildman–Crippen LogP) is 7.39. The Bertz CT molecular complexity index is 1510. The van der Waals surface area contributed by atoms with Crippen molar-refractivity contribution in [2.24, 2.45) is 0 Å². The zero-order chi connectivity index (χ0) is 25.9. The van der Waals surface area contributed by atoms with Crippen LogP contribution in [-0.4, -0.2) is 20.1 Å². The van der Waals surface area contributed by atoms with E-state index < -0.39 is 0 Å². The molecular formula is C32H29N3O2. The lowest BCUT2D eigenvalue weighted by molar-refractivity contribution is 0.304. The zero-order valence-electron chi connectivity index (χ0n) is 21.5. The van der Waals surface area contributed by atoms with E-state index in [0.717, 1.165) is 27.8 Å². The first-order valence-electron chi connectivity index (χ1n) is 12.3. The number of nitrogens with zero attached hydrogens (tertiary/aromatic N) is 3. The van der Waals surface area contributed by atoms with Gasteiger partial charge in [-0.05, 0) is 56.5 Å². The second kappa shape index (κ2) is 10.2. The minimum absolute atomic E-state index is 0.0508. The van der Waals surface area contributed by atoms with E-state index in [4.69, 9.17) is 19.7 Å². The molecule has 0 saturated carbocycles. The molecule has 0 radical (unpaired) electrons. The van der Waals surface area contributed by atoms with Crippen molar-refractivity contribution in [1.29, 1.82) is 0 Å². The molecule has 1 heterocycles. The normalized spacial score (nSPS) is 10.9. The molecule has 37 heavy (non-hydrogen) atoms. The highest BCUT2D eigenvalue weighted by Crippen LogP contribution is 2.34. The molecule has 0 aliphatic carbocycles. The molecule has 184 valence electrons. The summed E-state index contributed by atoms with van der Waals surface area (Å²) in [5.74, 6) is 2.17. The summed E-state index contributed by atoms with van der Waals surface area (Å²) >= 11 is 0. The van der Waals surface area contributed by atoms with E-state index in [1.165, 1.54) is 11.1 Å². The highest BCUT2D eigenvalue weighted by Gasteiger charge is 2.17. The standard InChI is InChI=1S/C32H29N3O2/c1-20-10-13-26(22(3)16-20)30-33-31(27-14-11-21(2)17-23(27)4)35-32(34-30)28-15-12-25(18-29(28)36)37-19-24-8-6-5-7-9-24/h5-18,36H,19H2,1-4H3. The molecular weight excluding hydrogens is 458 g/mol. The Balaban J connectivity index is 1.57. The monoisotopic (exact) mass is 487 g/mol. The SMILES string of the molecule is Cc1ccc(-c2nc(-c3ccc(C)cc3C)nc(-c3ccc(OCc4ccccc4)cc3O)n2)c(C)c1. The van der Waals surface area contributed by atoms with Crippen LogP contribution in [0.4, 0.5) is 0 Å². The van der Waals surface area contributed by atoms with Crippen molar-refractivity contribution in [3.05, 3.63) is 113 Å². The molecule has 0 saturated heterocycles. The quantitative estimate of drug-likeness (QED) is 0.270. The Labute approximate surface area is 217 Å². The third-order valence-electron chi connectivity index (χ3n) is 6.34. The first-order valence-corrected chi connectivity index (χ1v) is 12.3. The number of hydrogen-bond acceptors (Lipinski definition) is 5. The second-order valence-corrected chi connectivity index (χ2v) is 9.40. The lowest BCUT2D eigenvalue weighted by Crippen LogP contribution is -2.02. The summed E-state index contributed by atoms with van der Waals surface area (Å²) in [7, 11) is 0. The van der Waals surface area contributed by atoms with Crippen LogP contribution in [0.15, 0.2) is 84.9 Å². The molecule has 1 aromatic heterocycles. The number of aromatic nitrogens is 3. The third-order valence-corrected chi connectivity index (χ3v) is 6.34. The van der Waals surface area contributed by atoms with Gasteiger partial charge in [0.05, 0.1) is 5.56 Å². The number of rotatable bonds is 6. The van der Waals surface area contributed by atoms with Gasteiger partial charge in [-0.25, -0.2) is 15.0 Å². The van der Waals surface area contributed by atoms with Gasteiger partial charge in [0, 0.05) is 17.2 Å². The molecule has 5 rings (SSSR count). The molecule has 0 fully saturated rings. The lowest BCUT2D eigenvalue weighted by Gasteiger charge is -2.13. The largest absolute Gasteiger partial charge is 0.507 e. The van der Waals surface area contributed by atoms with Gasteiger partial charge in [-0.1, -0.05) is 77.9 Å². The maximum atomic E-state index is 11.0. The maximum Gasteiger partial charge on any atom is 0.167 e. The molecule has 0 bridgehead atoms. The molecule has 5 heteroatoms. The van der Waals surface area contributed by atoms with Gasteiger partial charge in [0.1, 0.15) is 18.1 Å². The number of aromatic hydroxyl groups is 1. The van der Waals surface area contributed by atoms with Gasteiger partial charge in [-0.3, -0.25) is 0 Å². The Morgan fingerprint density at radius 2 is 1.11 bits per heavy atom. The number of phenols is 1. The summed E-state index contributed by atoms with van der Waals surface area (Å²) < 4.78 is 5.89. The molecule has 0 unspecified atom stereocenters. The summed E-state index contributed by atoms with van der Waals surface area (Å²) in [6, 6.07) is 27.6. The van der Waals surface area contributed by atoms with Crippen LogP contribution in [0.2, 0.25) is 0 Å². The fourth-order valence-corrected chi connectivity index (χ4v) is 4.40. The third kappa shape index (κ3) is 5.36. The number of benzene rings is 4. The molecule has 1 N–H and O–H groups in total. The molecule has 0 aliphatic heterocycles. The maximum absolute atomic E-state index is 11.0. The van der Waals surface area contributed by atoms with Crippen LogP contribution >= 0.6 is 0 Å². The Hall–Kier alpha value is -4.51. The number of aryl methyl sites for hydroxylation is 4. The zero-order valence-corrected chi connectivity index (χ0v) is 21.5. The lowest BCUT2D eigenvalue weighted by atomic mass is 10.0. The summed E-state index contributed by atoms with van der Waals surface area (Å²) in [5, 5.41) is 11.0. The van der Waals surface area contributed by atoms with Crippen LogP contribution < -0.4 is 4.74 Å². The van der Waals surface area contributed by atoms with Crippen molar-refractivity contribution in [3.63, 3.8) is 0 Å². The summed E-state index contributed by atoms with van der Waals surface area (Å²) in [5.41, 5.74) is 7.95. The van der Waals surface area contributed by atoms with Gasteiger partial charge in [-0.15, -0.1) is 0 Å². The first kappa shape index (κ1) is 24.2. The second-order valence-electron chi connectivity index (χ2n) is 9.40. The molecule has 4 aromatic carbocycles. The highest BCUT2D eigenvalue weighted by molar-refractivity contribution is 5.72. The van der Waals surface area contributed by atoms with Gasteiger partial charge >= 0.3 is 0 Å². The fourth-order valence-electron chi connectivity index (χ4n) is 4.40. The minimum atomic E-state index is 0.0508. The van der Waals surface area contributed by atoms with E-state index in [9.17, 15) is 5.11 Å². The topological polar surface area (TPSA) is 68.1 Å². The number of ether oxygens (including phenoxy) is 1. The van der Waals surface area contributed by atoms with Crippen LogP contribution in [0.3, 0.4) is 0 Å². The van der Waals surface area contributed by atoms with E-state index in [1.54, 1.807) is 12.1 Å². The van der Waals surface area contributed by atoms with Crippen LogP contribution in [0.1, 0.15) is 27.8 Å². The Morgan fingerprint density at radius 1 is 0.595 bits per heavy atom. The van der Waals surface area contributed by atoms with E-state index >= 15 is 0 Å². The van der Waals surface area contributed by atoms with Gasteiger partial charge in [-0.2, -0.15) is 0 Å². The molecule has 0 aliphatic rings. The molecule has 0 spiro atoms. The Kier molecular flexibility index (Phi) is 6.69. The highest BCUT2D eigenvalue weighted by atomic mass is 16.5. The van der Waals surface area contributed by atoms with Crippen LogP contribution in [0, 0.1) is 27.7 Å². The molecule has 0 amide bonds. The van der Waals surface area contributed by atoms with Crippen LogP contribution in [0.5, 0.6) is 11.5 Å². The predicted molar refractivity (Wildman–Crippen MR) is 148 cm³/mol. The summed E-state index contributed by atoms with van der Waals surface area (Å²) in [4.78, 5) is 14.5. The van der Waals surface area contributed by atoms with E-state index in [0.29, 0.717) is 35.4 Å². The van der Waals surface area contributed by atoms with E-state index in [1.807, 2.05) is 48.5 Å². The minimum Gasteiger partial charge on any atom is -0.507 e. The average molecular weight is 488 g/mol. The van der Waals surface area contributed by atoms with Gasteiger partial charge < -0.3 is 9.84 Å². The Morgan fingerprint density at radius 3 is 1.62 bits per heavy atom. The molecule has 0 atom stereocenters. The smallest absolute Gasteiger partial charge is 0.167 e. The number of hydrogen-bond donors (Lipinski definition) is 1. The van der Waals surface area contributed by atoms with Crippen molar-refractivity contribution in [2.75, 3.05) is 0 Å². The van der Waals surface area contributed by atoms with Crippen LogP contribution in [-0.2, 0) is 6.61 Å². The molecule has 5 aromatic rings. The van der Waals surface area contributed by atoms with E-state index in [-0.39, 0.29) is 5.75 Å². The van der Waals surface area contributed by atoms with Gasteiger partial charge in [0.15, 0.2) is 17.5 Å². The van der Waals surface area contributed by atoms with Crippen molar-refractivity contribution in [3.8, 4) is 45.7 Å². The van der Waals surface area contributed by atoms with E-state index in [2.05, 4.69) is 52.0 Å². The number of phenolic OH excluding ortho intramolecular Hbond substituents is 1. The van der Waals surface area contributed by atoms with Crippen molar-refractivity contribution in [1.82, 2.24) is 15.0 Å². The van der Waals surface area contributed by atoms with Gasteiger partial charge in [0.2, 0.25) is 0 Å². The van der Waals surface area contributed by atoms with Crippen molar-refractivity contribution in [2.45, 2.75) is 34.3 Å². The first-order chi connectivity index (χ1) is 17.9. The average Bonchev–Trinajstić information content (AvgIpc) is 2.88. The van der Waals surface area contributed by atoms with Crippen LogP contribution in [0.25, 0.3) is 34.2 Å². The van der Waals surface area contributed by atoms with Crippen molar-refractivity contribution < 1.29 is 9.84 Å². The fraction of sp³-hybridized carbons (Fsp3) is 0.156. The summed E-state index contributed by atoms with van der Waals surface area (Å²) in [6.07, 6.45) is 0. The van der Waals surface area contributed by atoms with Gasteiger partial charge in [0.25, 0.3) is 0 Å². The van der Waals surface area contributed by atoms with Crippen molar-refractivity contribution >= 4 is 0 Å². The summed E-state index contributed by atoms with van der Waals surface area (Å²) in [6.45, 7) is 8.66.